The third-order valence-corrected chi connectivity index (χ3v) is 5.85. The van der Waals surface area contributed by atoms with E-state index in [2.05, 4.69) is 11.9 Å². The van der Waals surface area contributed by atoms with Crippen molar-refractivity contribution in [3.05, 3.63) is 45.5 Å². The molecular formula is C17H18ClN3O3S. The Morgan fingerprint density at radius 2 is 2.16 bits per heavy atom. The van der Waals surface area contributed by atoms with E-state index < -0.39 is 0 Å². The SMILES string of the molecule is CC1CC2=C(CN(C(=O)c3[nH]c4ccccc4c3Cl)C2)S1.O=CNO. The highest BCUT2D eigenvalue weighted by Crippen LogP contribution is 2.42. The standard InChI is InChI=1S/C16H15ClN2OS.CH3NO2/c1-9-6-10-7-19(8-13(10)21-9)16(20)15-14(17)11-4-2-3-5-12(11)18-15;3-1-2-4/h2-5,9,18H,6-8H2,1H3;1,4H,(H,2,3). The summed E-state index contributed by atoms with van der Waals surface area (Å²) in [7, 11) is 0. The molecule has 1 atom stereocenters. The smallest absolute Gasteiger partial charge is 0.272 e. The Hall–Kier alpha value is -1.96. The van der Waals surface area contributed by atoms with Gasteiger partial charge in [0, 0.05) is 27.6 Å². The van der Waals surface area contributed by atoms with E-state index in [0.29, 0.717) is 16.0 Å². The van der Waals surface area contributed by atoms with Gasteiger partial charge in [0.05, 0.1) is 11.6 Å². The topological polar surface area (TPSA) is 85.4 Å². The van der Waals surface area contributed by atoms with Gasteiger partial charge in [0.2, 0.25) is 6.41 Å². The van der Waals surface area contributed by atoms with Gasteiger partial charge in [-0.25, -0.2) is 5.48 Å². The molecule has 2 amide bonds. The number of carbonyl (C=O) groups excluding carboxylic acids is 2. The average Bonchev–Trinajstić information content (AvgIpc) is 3.26. The average molecular weight is 380 g/mol. The second-order valence-electron chi connectivity index (χ2n) is 5.93. The van der Waals surface area contributed by atoms with Crippen molar-refractivity contribution in [2.45, 2.75) is 18.6 Å². The van der Waals surface area contributed by atoms with Gasteiger partial charge >= 0.3 is 0 Å². The first-order valence-electron chi connectivity index (χ1n) is 7.81. The molecule has 132 valence electrons. The lowest BCUT2D eigenvalue weighted by Gasteiger charge is -2.18. The Bertz CT molecular complexity index is 831. The molecular weight excluding hydrogens is 362 g/mol. The molecule has 1 aromatic heterocycles. The molecule has 0 radical (unpaired) electrons. The van der Waals surface area contributed by atoms with E-state index in [0.717, 1.165) is 30.4 Å². The predicted octanol–water partition coefficient (Wildman–Crippen LogP) is 3.18. The molecule has 2 aliphatic rings. The van der Waals surface area contributed by atoms with Crippen LogP contribution < -0.4 is 5.48 Å². The highest BCUT2D eigenvalue weighted by molar-refractivity contribution is 8.04. The van der Waals surface area contributed by atoms with Gasteiger partial charge in [-0.05, 0) is 18.1 Å². The van der Waals surface area contributed by atoms with Crippen LogP contribution in [-0.2, 0) is 4.79 Å². The van der Waals surface area contributed by atoms with Crippen molar-refractivity contribution in [3.63, 3.8) is 0 Å². The lowest BCUT2D eigenvalue weighted by Crippen LogP contribution is -2.30. The van der Waals surface area contributed by atoms with Gasteiger partial charge in [-0.3, -0.25) is 14.8 Å². The summed E-state index contributed by atoms with van der Waals surface area (Å²) in [6.07, 6.45) is 1.28. The molecule has 2 aliphatic heterocycles. The second-order valence-corrected chi connectivity index (χ2v) is 7.84. The van der Waals surface area contributed by atoms with Crippen LogP contribution in [-0.4, -0.2) is 45.7 Å². The summed E-state index contributed by atoms with van der Waals surface area (Å²) in [6.45, 7) is 3.72. The molecule has 0 aliphatic carbocycles. The van der Waals surface area contributed by atoms with Gasteiger partial charge in [-0.15, -0.1) is 11.8 Å². The van der Waals surface area contributed by atoms with E-state index in [-0.39, 0.29) is 12.3 Å². The van der Waals surface area contributed by atoms with Crippen LogP contribution in [0.15, 0.2) is 34.7 Å². The maximum absolute atomic E-state index is 12.7. The minimum Gasteiger partial charge on any atom is -0.349 e. The number of hydrogen-bond acceptors (Lipinski definition) is 4. The fourth-order valence-electron chi connectivity index (χ4n) is 3.15. The van der Waals surface area contributed by atoms with Gasteiger partial charge in [0.15, 0.2) is 0 Å². The number of fused-ring (bicyclic) bond motifs is 1. The molecule has 0 saturated heterocycles. The Kier molecular flexibility index (Phi) is 5.36. The first-order chi connectivity index (χ1) is 12.0. The number of thioether (sulfide) groups is 1. The largest absolute Gasteiger partial charge is 0.349 e. The number of hydrogen-bond donors (Lipinski definition) is 3. The van der Waals surface area contributed by atoms with Crippen molar-refractivity contribution in [2.24, 2.45) is 0 Å². The van der Waals surface area contributed by atoms with E-state index in [1.165, 1.54) is 16.0 Å². The summed E-state index contributed by atoms with van der Waals surface area (Å²) in [5.41, 5.74) is 4.10. The molecule has 0 bridgehead atoms. The number of hydroxylamine groups is 1. The molecule has 1 unspecified atom stereocenters. The summed E-state index contributed by atoms with van der Waals surface area (Å²) in [5.74, 6) is -0.00106. The Labute approximate surface area is 154 Å². The number of aromatic nitrogens is 1. The minimum atomic E-state index is -0.00106. The zero-order chi connectivity index (χ0) is 18.0. The molecule has 3 heterocycles. The van der Waals surface area contributed by atoms with E-state index in [1.807, 2.05) is 40.9 Å². The molecule has 8 heteroatoms. The Balaban J connectivity index is 0.000000415. The minimum absolute atomic E-state index is 0.00106. The Morgan fingerprint density at radius 1 is 1.44 bits per heavy atom. The maximum atomic E-state index is 12.7. The third kappa shape index (κ3) is 3.53. The monoisotopic (exact) mass is 379 g/mol. The van der Waals surface area contributed by atoms with Crippen LogP contribution in [0.4, 0.5) is 0 Å². The van der Waals surface area contributed by atoms with Gasteiger partial charge in [0.1, 0.15) is 5.69 Å². The molecule has 4 rings (SSSR count). The predicted molar refractivity (Wildman–Crippen MR) is 98.9 cm³/mol. The fourth-order valence-corrected chi connectivity index (χ4v) is 4.75. The van der Waals surface area contributed by atoms with E-state index in [1.54, 1.807) is 0 Å². The van der Waals surface area contributed by atoms with Crippen LogP contribution in [0.1, 0.15) is 23.8 Å². The van der Waals surface area contributed by atoms with Crippen LogP contribution in [0.25, 0.3) is 10.9 Å². The zero-order valence-electron chi connectivity index (χ0n) is 13.6. The summed E-state index contributed by atoms with van der Waals surface area (Å²) < 4.78 is 0. The second kappa shape index (κ2) is 7.51. The number of aromatic amines is 1. The van der Waals surface area contributed by atoms with Gasteiger partial charge in [-0.1, -0.05) is 36.7 Å². The molecule has 25 heavy (non-hydrogen) atoms. The van der Waals surface area contributed by atoms with Crippen molar-refractivity contribution in [1.82, 2.24) is 15.4 Å². The third-order valence-electron chi connectivity index (χ3n) is 4.18. The number of amides is 2. The molecule has 0 saturated carbocycles. The maximum Gasteiger partial charge on any atom is 0.272 e. The molecule has 3 N–H and O–H groups in total. The van der Waals surface area contributed by atoms with E-state index in [4.69, 9.17) is 21.6 Å². The lowest BCUT2D eigenvalue weighted by molar-refractivity contribution is -0.116. The van der Waals surface area contributed by atoms with Crippen molar-refractivity contribution < 1.29 is 14.8 Å². The van der Waals surface area contributed by atoms with Gasteiger partial charge in [-0.2, -0.15) is 0 Å². The first kappa shape index (κ1) is 17.8. The normalized spacial score (nSPS) is 18.8. The first-order valence-corrected chi connectivity index (χ1v) is 9.07. The number of halogens is 1. The number of para-hydroxylation sites is 1. The van der Waals surface area contributed by atoms with Crippen LogP contribution >= 0.6 is 23.4 Å². The summed E-state index contributed by atoms with van der Waals surface area (Å²) in [4.78, 5) is 28.0. The van der Waals surface area contributed by atoms with Crippen molar-refractivity contribution in [3.8, 4) is 0 Å². The van der Waals surface area contributed by atoms with E-state index >= 15 is 0 Å². The van der Waals surface area contributed by atoms with Crippen LogP contribution in [0.3, 0.4) is 0 Å². The van der Waals surface area contributed by atoms with Gasteiger partial charge in [0.25, 0.3) is 5.91 Å². The van der Waals surface area contributed by atoms with Crippen molar-refractivity contribution >= 4 is 46.6 Å². The summed E-state index contributed by atoms with van der Waals surface area (Å²) >= 11 is 8.28. The number of carbonyl (C=O) groups is 2. The Morgan fingerprint density at radius 3 is 2.80 bits per heavy atom. The number of rotatable bonds is 2. The molecule has 1 aromatic carbocycles. The number of benzene rings is 1. The number of H-pyrrole nitrogens is 1. The highest BCUT2D eigenvalue weighted by Gasteiger charge is 2.33. The molecule has 0 spiro atoms. The fraction of sp³-hybridized carbons (Fsp3) is 0.294. The summed E-state index contributed by atoms with van der Waals surface area (Å²) in [6, 6.07) is 7.75. The van der Waals surface area contributed by atoms with Crippen LogP contribution in [0.5, 0.6) is 0 Å². The summed E-state index contributed by atoms with van der Waals surface area (Å²) in [5, 5.41) is 9.35. The highest BCUT2D eigenvalue weighted by atomic mass is 35.5. The van der Waals surface area contributed by atoms with Crippen LogP contribution in [0.2, 0.25) is 5.02 Å². The van der Waals surface area contributed by atoms with Gasteiger partial charge < -0.3 is 9.88 Å². The molecule has 6 nitrogen and oxygen atoms in total. The molecule has 2 aromatic rings. The van der Waals surface area contributed by atoms with Crippen molar-refractivity contribution in [1.29, 1.82) is 0 Å². The van der Waals surface area contributed by atoms with Crippen molar-refractivity contribution in [2.75, 3.05) is 13.1 Å². The quantitative estimate of drug-likeness (QED) is 0.425. The zero-order valence-corrected chi connectivity index (χ0v) is 15.2. The van der Waals surface area contributed by atoms with E-state index in [9.17, 15) is 4.79 Å². The lowest BCUT2D eigenvalue weighted by atomic mass is 10.1. The molecule has 0 fully saturated rings. The van der Waals surface area contributed by atoms with Crippen LogP contribution in [0, 0.1) is 0 Å². The number of nitrogens with one attached hydrogen (secondary N) is 2. The number of nitrogens with zero attached hydrogens (tertiary/aromatic N) is 1.